The Balaban J connectivity index is 1.97. The van der Waals surface area contributed by atoms with Gasteiger partial charge in [0.25, 0.3) is 0 Å². The van der Waals surface area contributed by atoms with Crippen molar-refractivity contribution in [1.29, 1.82) is 0 Å². The highest BCUT2D eigenvalue weighted by Gasteiger charge is 2.22. The Morgan fingerprint density at radius 3 is 2.28 bits per heavy atom. The SMILES string of the molecule is COc1ccc(OCC(C)NC(=O)CN(c2ccc(F)c(F)c2)S(C)(=O)=O)cc1. The van der Waals surface area contributed by atoms with E-state index in [2.05, 4.69) is 5.32 Å². The molecule has 0 aromatic heterocycles. The van der Waals surface area contributed by atoms with Crippen LogP contribution >= 0.6 is 0 Å². The van der Waals surface area contributed by atoms with Crippen LogP contribution in [0.3, 0.4) is 0 Å². The molecule has 0 saturated carbocycles. The van der Waals surface area contributed by atoms with E-state index in [-0.39, 0.29) is 12.3 Å². The molecule has 2 aromatic carbocycles. The Morgan fingerprint density at radius 1 is 1.10 bits per heavy atom. The minimum atomic E-state index is -3.90. The lowest BCUT2D eigenvalue weighted by atomic mass is 10.3. The summed E-state index contributed by atoms with van der Waals surface area (Å²) in [5.41, 5.74) is -0.149. The van der Waals surface area contributed by atoms with Crippen LogP contribution in [0.5, 0.6) is 11.5 Å². The van der Waals surface area contributed by atoms with Gasteiger partial charge >= 0.3 is 0 Å². The molecule has 10 heteroatoms. The summed E-state index contributed by atoms with van der Waals surface area (Å²) < 4.78 is 61.9. The van der Waals surface area contributed by atoms with Crippen molar-refractivity contribution in [3.05, 3.63) is 54.1 Å². The van der Waals surface area contributed by atoms with Crippen molar-refractivity contribution >= 4 is 21.6 Å². The van der Waals surface area contributed by atoms with Crippen molar-refractivity contribution in [3.63, 3.8) is 0 Å². The Labute approximate surface area is 168 Å². The molecule has 1 atom stereocenters. The third-order valence-electron chi connectivity index (χ3n) is 3.85. The highest BCUT2D eigenvalue weighted by molar-refractivity contribution is 7.92. The zero-order valence-electron chi connectivity index (χ0n) is 16.2. The number of methoxy groups -OCH3 is 1. The van der Waals surface area contributed by atoms with Crippen molar-refractivity contribution < 1.29 is 31.5 Å². The Hall–Kier alpha value is -2.88. The number of benzene rings is 2. The van der Waals surface area contributed by atoms with E-state index in [0.29, 0.717) is 15.8 Å². The van der Waals surface area contributed by atoms with Gasteiger partial charge in [-0.1, -0.05) is 0 Å². The number of rotatable bonds is 9. The molecule has 0 fully saturated rings. The second-order valence-corrected chi connectivity index (χ2v) is 8.23. The van der Waals surface area contributed by atoms with E-state index in [9.17, 15) is 22.0 Å². The van der Waals surface area contributed by atoms with Crippen molar-refractivity contribution in [1.82, 2.24) is 5.32 Å². The number of anilines is 1. The first kappa shape index (κ1) is 22.4. The molecule has 1 N–H and O–H groups in total. The van der Waals surface area contributed by atoms with Gasteiger partial charge in [0.05, 0.1) is 25.1 Å². The second kappa shape index (κ2) is 9.55. The van der Waals surface area contributed by atoms with Crippen molar-refractivity contribution in [2.75, 3.05) is 30.8 Å². The predicted octanol–water partition coefficient (Wildman–Crippen LogP) is 2.32. The molecular formula is C19H22F2N2O5S. The van der Waals surface area contributed by atoms with Crippen LogP contribution in [-0.4, -0.2) is 46.9 Å². The number of nitrogens with zero attached hydrogens (tertiary/aromatic N) is 1. The molecule has 0 heterocycles. The summed E-state index contributed by atoms with van der Waals surface area (Å²) in [6.07, 6.45) is 0.873. The molecule has 0 bridgehead atoms. The first-order valence-electron chi connectivity index (χ1n) is 8.59. The number of amides is 1. The van der Waals surface area contributed by atoms with Gasteiger partial charge in [-0.15, -0.1) is 0 Å². The fourth-order valence-electron chi connectivity index (χ4n) is 2.43. The number of sulfonamides is 1. The van der Waals surface area contributed by atoms with E-state index in [4.69, 9.17) is 9.47 Å². The minimum Gasteiger partial charge on any atom is -0.497 e. The van der Waals surface area contributed by atoms with E-state index >= 15 is 0 Å². The smallest absolute Gasteiger partial charge is 0.241 e. The van der Waals surface area contributed by atoms with Crippen molar-refractivity contribution in [2.24, 2.45) is 0 Å². The summed E-state index contributed by atoms with van der Waals surface area (Å²) in [4.78, 5) is 12.3. The molecule has 0 radical (unpaired) electrons. The lowest BCUT2D eigenvalue weighted by Gasteiger charge is -2.23. The third-order valence-corrected chi connectivity index (χ3v) is 4.99. The Kier molecular flexibility index (Phi) is 7.38. The maximum atomic E-state index is 13.5. The summed E-state index contributed by atoms with van der Waals surface area (Å²) in [7, 11) is -2.35. The molecular weight excluding hydrogens is 406 g/mol. The molecule has 1 amide bonds. The monoisotopic (exact) mass is 428 g/mol. The first-order chi connectivity index (χ1) is 13.6. The summed E-state index contributed by atoms with van der Waals surface area (Å²) in [5.74, 6) is -1.69. The number of hydrogen-bond donors (Lipinski definition) is 1. The Morgan fingerprint density at radius 2 is 1.72 bits per heavy atom. The standard InChI is InChI=1S/C19H22F2N2O5S/c1-13(12-28-16-7-5-15(27-2)6-8-16)22-19(24)11-23(29(3,25)26)14-4-9-17(20)18(21)10-14/h4-10,13H,11-12H2,1-3H3,(H,22,24). The van der Waals surface area contributed by atoms with E-state index in [1.807, 2.05) is 0 Å². The molecule has 0 aliphatic heterocycles. The fraction of sp³-hybridized carbons (Fsp3) is 0.316. The van der Waals surface area contributed by atoms with Crippen LogP contribution in [0.4, 0.5) is 14.5 Å². The van der Waals surface area contributed by atoms with Gasteiger partial charge in [-0.05, 0) is 43.3 Å². The van der Waals surface area contributed by atoms with Crippen LogP contribution in [0.25, 0.3) is 0 Å². The van der Waals surface area contributed by atoms with Gasteiger partial charge in [0.15, 0.2) is 11.6 Å². The van der Waals surface area contributed by atoms with Crippen molar-refractivity contribution in [3.8, 4) is 11.5 Å². The molecule has 0 aliphatic carbocycles. The van der Waals surface area contributed by atoms with Gasteiger partial charge < -0.3 is 14.8 Å². The van der Waals surface area contributed by atoms with Gasteiger partial charge in [0.1, 0.15) is 24.7 Å². The van der Waals surface area contributed by atoms with Crippen LogP contribution in [0.15, 0.2) is 42.5 Å². The molecule has 0 aliphatic rings. The van der Waals surface area contributed by atoms with Crippen molar-refractivity contribution in [2.45, 2.75) is 13.0 Å². The van der Waals surface area contributed by atoms with Gasteiger partial charge in [-0.25, -0.2) is 17.2 Å². The number of ether oxygens (including phenoxy) is 2. The van der Waals surface area contributed by atoms with E-state index < -0.39 is 40.2 Å². The number of hydrogen-bond acceptors (Lipinski definition) is 5. The normalized spacial score (nSPS) is 12.2. The lowest BCUT2D eigenvalue weighted by Crippen LogP contribution is -2.45. The number of nitrogens with one attached hydrogen (secondary N) is 1. The third kappa shape index (κ3) is 6.60. The summed E-state index contributed by atoms with van der Waals surface area (Å²) in [6.45, 7) is 1.24. The molecule has 1 unspecified atom stereocenters. The number of halogens is 2. The molecule has 2 rings (SSSR count). The maximum absolute atomic E-state index is 13.5. The highest BCUT2D eigenvalue weighted by Crippen LogP contribution is 2.20. The first-order valence-corrected chi connectivity index (χ1v) is 10.4. The fourth-order valence-corrected chi connectivity index (χ4v) is 3.27. The predicted molar refractivity (Wildman–Crippen MR) is 105 cm³/mol. The van der Waals surface area contributed by atoms with Crippen LogP contribution in [0.2, 0.25) is 0 Å². The zero-order valence-corrected chi connectivity index (χ0v) is 17.0. The molecule has 7 nitrogen and oxygen atoms in total. The van der Waals surface area contributed by atoms with Crippen LogP contribution in [0.1, 0.15) is 6.92 Å². The van der Waals surface area contributed by atoms with Crippen LogP contribution < -0.4 is 19.1 Å². The van der Waals surface area contributed by atoms with Gasteiger partial charge in [0.2, 0.25) is 15.9 Å². The second-order valence-electron chi connectivity index (χ2n) is 6.32. The summed E-state index contributed by atoms with van der Waals surface area (Å²) >= 11 is 0. The lowest BCUT2D eigenvalue weighted by molar-refractivity contribution is -0.120. The number of carbonyl (C=O) groups is 1. The van der Waals surface area contributed by atoms with E-state index in [1.165, 1.54) is 0 Å². The average molecular weight is 428 g/mol. The zero-order chi connectivity index (χ0) is 21.6. The van der Waals surface area contributed by atoms with Crippen LogP contribution in [0, 0.1) is 11.6 Å². The Bertz CT molecular complexity index is 952. The minimum absolute atomic E-state index is 0.141. The van der Waals surface area contributed by atoms with Crippen LogP contribution in [-0.2, 0) is 14.8 Å². The topological polar surface area (TPSA) is 84.9 Å². The molecule has 158 valence electrons. The number of carbonyl (C=O) groups excluding carboxylic acids is 1. The molecule has 2 aromatic rings. The average Bonchev–Trinajstić information content (AvgIpc) is 2.66. The maximum Gasteiger partial charge on any atom is 0.241 e. The molecule has 0 saturated heterocycles. The summed E-state index contributed by atoms with van der Waals surface area (Å²) in [5, 5.41) is 2.61. The van der Waals surface area contributed by atoms with Gasteiger partial charge in [-0.3, -0.25) is 9.10 Å². The van der Waals surface area contributed by atoms with E-state index in [1.54, 1.807) is 38.3 Å². The molecule has 29 heavy (non-hydrogen) atoms. The van der Waals surface area contributed by atoms with Gasteiger partial charge in [0, 0.05) is 6.07 Å². The summed E-state index contributed by atoms with van der Waals surface area (Å²) in [6, 6.07) is 9.05. The molecule has 0 spiro atoms. The van der Waals surface area contributed by atoms with Gasteiger partial charge in [-0.2, -0.15) is 0 Å². The van der Waals surface area contributed by atoms with E-state index in [0.717, 1.165) is 24.5 Å². The highest BCUT2D eigenvalue weighted by atomic mass is 32.2. The quantitative estimate of drug-likeness (QED) is 0.663. The largest absolute Gasteiger partial charge is 0.497 e.